The summed E-state index contributed by atoms with van der Waals surface area (Å²) in [4.78, 5) is 35.1. The molecule has 0 aliphatic carbocycles. The van der Waals surface area contributed by atoms with Crippen LogP contribution in [0.3, 0.4) is 0 Å². The minimum Gasteiger partial charge on any atom is -0.452 e. The van der Waals surface area contributed by atoms with Crippen LogP contribution in [0.15, 0.2) is 40.6 Å². The number of hydrogen-bond acceptors (Lipinski definition) is 8. The van der Waals surface area contributed by atoms with Crippen molar-refractivity contribution in [2.75, 3.05) is 5.32 Å². The van der Waals surface area contributed by atoms with Gasteiger partial charge in [0.15, 0.2) is 6.10 Å². The summed E-state index contributed by atoms with van der Waals surface area (Å²) < 4.78 is 5.17. The van der Waals surface area contributed by atoms with Crippen LogP contribution < -0.4 is 5.32 Å². The van der Waals surface area contributed by atoms with Crippen molar-refractivity contribution < 1.29 is 19.2 Å². The fraction of sp³-hybridized carbons (Fsp3) is 0.235. The number of nitro groups is 1. The number of rotatable bonds is 7. The first-order chi connectivity index (χ1) is 12.8. The number of ether oxygens (including phenoxy) is 1. The van der Waals surface area contributed by atoms with E-state index in [1.54, 1.807) is 30.5 Å². The van der Waals surface area contributed by atoms with Crippen molar-refractivity contribution in [3.8, 4) is 6.07 Å². The van der Waals surface area contributed by atoms with Gasteiger partial charge in [0, 0.05) is 17.0 Å². The highest BCUT2D eigenvalue weighted by atomic mass is 32.2. The number of nitrogens with zero attached hydrogens (tertiary/aromatic N) is 2. The van der Waals surface area contributed by atoms with Gasteiger partial charge in [0.1, 0.15) is 16.3 Å². The summed E-state index contributed by atoms with van der Waals surface area (Å²) in [7, 11) is 0. The van der Waals surface area contributed by atoms with E-state index in [1.807, 2.05) is 6.07 Å². The molecule has 1 N–H and O–H groups in total. The highest BCUT2D eigenvalue weighted by Crippen LogP contribution is 2.26. The molecule has 0 aliphatic heterocycles. The van der Waals surface area contributed by atoms with Gasteiger partial charge in [-0.05, 0) is 37.4 Å². The van der Waals surface area contributed by atoms with E-state index < -0.39 is 28.2 Å². The van der Waals surface area contributed by atoms with Crippen molar-refractivity contribution in [2.24, 2.45) is 0 Å². The van der Waals surface area contributed by atoms with Crippen molar-refractivity contribution in [1.82, 2.24) is 0 Å². The molecule has 1 amide bonds. The molecule has 0 saturated carbocycles. The Hall–Kier alpha value is -2.90. The summed E-state index contributed by atoms with van der Waals surface area (Å²) in [5, 5.41) is 23.6. The molecule has 2 atom stereocenters. The highest BCUT2D eigenvalue weighted by Gasteiger charge is 2.23. The summed E-state index contributed by atoms with van der Waals surface area (Å²) in [6.45, 7) is 3.06. The van der Waals surface area contributed by atoms with Gasteiger partial charge in [-0.25, -0.2) is 0 Å². The Bertz CT molecular complexity index is 889. The van der Waals surface area contributed by atoms with Crippen molar-refractivity contribution in [3.05, 3.63) is 51.4 Å². The van der Waals surface area contributed by atoms with Crippen LogP contribution in [-0.2, 0) is 14.3 Å². The van der Waals surface area contributed by atoms with Gasteiger partial charge in [-0.3, -0.25) is 19.7 Å². The van der Waals surface area contributed by atoms with Gasteiger partial charge < -0.3 is 10.1 Å². The number of non-ortho nitro benzene ring substituents is 1. The van der Waals surface area contributed by atoms with Gasteiger partial charge in [0.2, 0.25) is 0 Å². The van der Waals surface area contributed by atoms with Gasteiger partial charge in [-0.1, -0.05) is 0 Å². The Labute approximate surface area is 163 Å². The molecular formula is C17H15N3O5S2. The molecule has 0 unspecified atom stereocenters. The quantitative estimate of drug-likeness (QED) is 0.323. The lowest BCUT2D eigenvalue weighted by atomic mass is 10.3. The molecule has 0 fully saturated rings. The molecule has 27 heavy (non-hydrogen) atoms. The molecule has 1 aromatic carbocycles. The second-order valence-electron chi connectivity index (χ2n) is 5.35. The van der Waals surface area contributed by atoms with Crippen molar-refractivity contribution >= 4 is 45.7 Å². The molecule has 1 aromatic heterocycles. The molecule has 0 aliphatic rings. The number of anilines is 1. The fourth-order valence-electron chi connectivity index (χ4n) is 1.93. The first kappa shape index (κ1) is 20.4. The number of thiophene rings is 1. The molecule has 1 heterocycles. The monoisotopic (exact) mass is 405 g/mol. The summed E-state index contributed by atoms with van der Waals surface area (Å²) in [5.74, 6) is -1.12. The third-order valence-electron chi connectivity index (χ3n) is 3.38. The first-order valence-corrected chi connectivity index (χ1v) is 9.47. The predicted octanol–water partition coefficient (Wildman–Crippen LogP) is 3.58. The van der Waals surface area contributed by atoms with E-state index in [0.717, 1.165) is 0 Å². The van der Waals surface area contributed by atoms with Crippen molar-refractivity contribution in [1.29, 1.82) is 5.26 Å². The molecular weight excluding hydrogens is 390 g/mol. The lowest BCUT2D eigenvalue weighted by Gasteiger charge is -2.16. The van der Waals surface area contributed by atoms with Crippen LogP contribution in [0.25, 0.3) is 0 Å². The smallest absolute Gasteiger partial charge is 0.319 e. The summed E-state index contributed by atoms with van der Waals surface area (Å²) in [5.41, 5.74) is 0.305. The largest absolute Gasteiger partial charge is 0.452 e. The Balaban J connectivity index is 1.90. The van der Waals surface area contributed by atoms with E-state index >= 15 is 0 Å². The van der Waals surface area contributed by atoms with Crippen molar-refractivity contribution in [3.63, 3.8) is 0 Å². The minimum atomic E-state index is -1.04. The number of thioether (sulfide) groups is 1. The predicted molar refractivity (Wildman–Crippen MR) is 102 cm³/mol. The zero-order valence-electron chi connectivity index (χ0n) is 14.4. The van der Waals surface area contributed by atoms with E-state index in [9.17, 15) is 19.7 Å². The highest BCUT2D eigenvalue weighted by molar-refractivity contribution is 8.00. The maximum absolute atomic E-state index is 12.2. The lowest BCUT2D eigenvalue weighted by molar-refractivity contribution is -0.384. The summed E-state index contributed by atoms with van der Waals surface area (Å²) in [6, 6.07) is 9.33. The molecule has 10 heteroatoms. The lowest BCUT2D eigenvalue weighted by Crippen LogP contribution is -2.32. The number of nitro benzene ring substituents is 1. The number of benzene rings is 1. The van der Waals surface area contributed by atoms with Crippen LogP contribution in [-0.4, -0.2) is 28.2 Å². The second kappa shape index (κ2) is 9.16. The maximum atomic E-state index is 12.2. The molecule has 8 nitrogen and oxygen atoms in total. The first-order valence-electron chi connectivity index (χ1n) is 7.72. The normalized spacial score (nSPS) is 12.5. The van der Waals surface area contributed by atoms with E-state index in [2.05, 4.69) is 5.32 Å². The number of nitriles is 1. The molecule has 2 aromatic rings. The standard InChI is InChI=1S/C17H15N3O5S2/c1-10(15(21)19-16-12(9-18)7-8-26-16)25-17(22)11(2)27-14-5-3-13(4-6-14)20(23)24/h3-8,10-11H,1-2H3,(H,19,21)/t10-,11-/m1/s1. The summed E-state index contributed by atoms with van der Waals surface area (Å²) >= 11 is 2.37. The Morgan fingerprint density at radius 2 is 1.96 bits per heavy atom. The average molecular weight is 405 g/mol. The van der Waals surface area contributed by atoms with Gasteiger partial charge >= 0.3 is 5.97 Å². The van der Waals surface area contributed by atoms with E-state index in [0.29, 0.717) is 15.5 Å². The van der Waals surface area contributed by atoms with Crippen LogP contribution in [0.5, 0.6) is 0 Å². The fourth-order valence-corrected chi connectivity index (χ4v) is 3.52. The van der Waals surface area contributed by atoms with Crippen LogP contribution >= 0.6 is 23.1 Å². The number of amides is 1. The van der Waals surface area contributed by atoms with Gasteiger partial charge in [-0.2, -0.15) is 5.26 Å². The zero-order chi connectivity index (χ0) is 20.0. The second-order valence-corrected chi connectivity index (χ2v) is 7.68. The third kappa shape index (κ3) is 5.54. The molecule has 0 spiro atoms. The Morgan fingerprint density at radius 3 is 2.56 bits per heavy atom. The molecule has 0 bridgehead atoms. The van der Waals surface area contributed by atoms with E-state index in [4.69, 9.17) is 10.00 Å². The summed E-state index contributed by atoms with van der Waals surface area (Å²) in [6.07, 6.45) is -1.04. The van der Waals surface area contributed by atoms with Crippen LogP contribution in [0.1, 0.15) is 19.4 Å². The number of carbonyl (C=O) groups excluding carboxylic acids is 2. The molecule has 0 saturated heterocycles. The SMILES string of the molecule is C[C@@H](OC(=O)[C@@H](C)Sc1ccc([N+](=O)[O-])cc1)C(=O)Nc1sccc1C#N. The topological polar surface area (TPSA) is 122 Å². The van der Waals surface area contributed by atoms with E-state index in [-0.39, 0.29) is 5.69 Å². The molecule has 0 radical (unpaired) electrons. The van der Waals surface area contributed by atoms with Crippen LogP contribution in [0.4, 0.5) is 10.7 Å². The van der Waals surface area contributed by atoms with Gasteiger partial charge in [0.05, 0.1) is 10.5 Å². The van der Waals surface area contributed by atoms with Crippen LogP contribution in [0, 0.1) is 21.4 Å². The number of carbonyl (C=O) groups is 2. The van der Waals surface area contributed by atoms with Crippen LogP contribution in [0.2, 0.25) is 0 Å². The zero-order valence-corrected chi connectivity index (χ0v) is 16.0. The number of esters is 1. The Morgan fingerprint density at radius 1 is 1.30 bits per heavy atom. The number of hydrogen-bond donors (Lipinski definition) is 1. The van der Waals surface area contributed by atoms with Gasteiger partial charge in [0.25, 0.3) is 11.6 Å². The van der Waals surface area contributed by atoms with Crippen molar-refractivity contribution in [2.45, 2.75) is 30.1 Å². The van der Waals surface area contributed by atoms with E-state index in [1.165, 1.54) is 42.2 Å². The molecule has 140 valence electrons. The maximum Gasteiger partial charge on any atom is 0.319 e. The third-order valence-corrected chi connectivity index (χ3v) is 5.30. The number of nitrogens with one attached hydrogen (secondary N) is 1. The van der Waals surface area contributed by atoms with Gasteiger partial charge in [-0.15, -0.1) is 23.1 Å². The Kier molecular flexibility index (Phi) is 6.92. The average Bonchev–Trinajstić information content (AvgIpc) is 3.09. The minimum absolute atomic E-state index is 0.0369. The molecule has 2 rings (SSSR count).